The highest BCUT2D eigenvalue weighted by atomic mass is 16.5. The minimum absolute atomic E-state index is 0.244. The van der Waals surface area contributed by atoms with Crippen molar-refractivity contribution < 1.29 is 19.1 Å². The summed E-state index contributed by atoms with van der Waals surface area (Å²) in [7, 11) is 2.54. The molecule has 0 heterocycles. The average molecular weight is 295 g/mol. The molecule has 0 unspecified atom stereocenters. The number of carbonyl (C=O) groups excluding carboxylic acids is 2. The van der Waals surface area contributed by atoms with Crippen molar-refractivity contribution in [2.45, 2.75) is 0 Å². The molecule has 0 saturated carbocycles. The van der Waals surface area contributed by atoms with Gasteiger partial charge >= 0.3 is 11.9 Å². The molecule has 0 amide bonds. The Kier molecular flexibility index (Phi) is 4.54. The molecule has 0 fully saturated rings. The predicted octanol–water partition coefficient (Wildman–Crippen LogP) is 3.48. The SMILES string of the molecule is [C-]#[N+]c1cccc(-c2cc(C(=O)OC)cc(C(=O)OC)c2)c1. The molecule has 5 nitrogen and oxygen atoms in total. The predicted molar refractivity (Wildman–Crippen MR) is 80.8 cm³/mol. The molecule has 2 aromatic carbocycles. The fourth-order valence-electron chi connectivity index (χ4n) is 2.02. The van der Waals surface area contributed by atoms with Gasteiger partial charge in [-0.05, 0) is 35.4 Å². The Morgan fingerprint density at radius 2 is 1.50 bits per heavy atom. The number of ether oxygens (including phenoxy) is 2. The molecule has 5 heteroatoms. The van der Waals surface area contributed by atoms with E-state index < -0.39 is 11.9 Å². The van der Waals surface area contributed by atoms with Gasteiger partial charge < -0.3 is 9.47 Å². The van der Waals surface area contributed by atoms with E-state index in [1.165, 1.54) is 20.3 Å². The molecular formula is C17H13NO4. The number of methoxy groups -OCH3 is 2. The second kappa shape index (κ2) is 6.55. The van der Waals surface area contributed by atoms with Crippen LogP contribution in [0.5, 0.6) is 0 Å². The number of benzene rings is 2. The van der Waals surface area contributed by atoms with Crippen molar-refractivity contribution in [3.05, 3.63) is 65.0 Å². The maximum atomic E-state index is 11.8. The first-order valence-electron chi connectivity index (χ1n) is 6.38. The van der Waals surface area contributed by atoms with E-state index in [1.54, 1.807) is 36.4 Å². The molecule has 0 aromatic heterocycles. The normalized spacial score (nSPS) is 9.68. The zero-order valence-electron chi connectivity index (χ0n) is 12.1. The summed E-state index contributed by atoms with van der Waals surface area (Å²) >= 11 is 0. The van der Waals surface area contributed by atoms with Crippen LogP contribution in [-0.2, 0) is 9.47 Å². The zero-order valence-corrected chi connectivity index (χ0v) is 12.1. The molecule has 2 aromatic rings. The molecule has 0 saturated heterocycles. The summed E-state index contributed by atoms with van der Waals surface area (Å²) in [6.07, 6.45) is 0. The molecule has 0 N–H and O–H groups in total. The maximum Gasteiger partial charge on any atom is 0.337 e. The molecule has 0 radical (unpaired) electrons. The van der Waals surface area contributed by atoms with Gasteiger partial charge in [-0.3, -0.25) is 0 Å². The van der Waals surface area contributed by atoms with Crippen molar-refractivity contribution in [3.63, 3.8) is 0 Å². The second-order valence-corrected chi connectivity index (χ2v) is 4.44. The van der Waals surface area contributed by atoms with Crippen LogP contribution >= 0.6 is 0 Å². The van der Waals surface area contributed by atoms with Gasteiger partial charge in [0, 0.05) is 0 Å². The van der Waals surface area contributed by atoms with E-state index in [2.05, 4.69) is 4.85 Å². The van der Waals surface area contributed by atoms with Crippen molar-refractivity contribution in [1.82, 2.24) is 0 Å². The fraction of sp³-hybridized carbons (Fsp3) is 0.118. The smallest absolute Gasteiger partial charge is 0.337 e. The van der Waals surface area contributed by atoms with Gasteiger partial charge in [-0.15, -0.1) is 0 Å². The van der Waals surface area contributed by atoms with Gasteiger partial charge in [-0.1, -0.05) is 18.2 Å². The Balaban J connectivity index is 2.61. The first-order chi connectivity index (χ1) is 10.6. The number of rotatable bonds is 3. The van der Waals surface area contributed by atoms with E-state index in [0.717, 1.165) is 5.56 Å². The highest BCUT2D eigenvalue weighted by molar-refractivity contribution is 5.97. The number of nitrogens with zero attached hydrogens (tertiary/aromatic N) is 1. The molecule has 2 rings (SSSR count). The van der Waals surface area contributed by atoms with Gasteiger partial charge in [0.1, 0.15) is 0 Å². The molecule has 0 aliphatic rings. The van der Waals surface area contributed by atoms with E-state index in [1.807, 2.05) is 0 Å². The van der Waals surface area contributed by atoms with Crippen molar-refractivity contribution in [3.8, 4) is 11.1 Å². The third-order valence-corrected chi connectivity index (χ3v) is 3.08. The minimum atomic E-state index is -0.548. The van der Waals surface area contributed by atoms with Gasteiger partial charge in [0.15, 0.2) is 5.69 Å². The number of hydrogen-bond acceptors (Lipinski definition) is 4. The monoisotopic (exact) mass is 295 g/mol. The lowest BCUT2D eigenvalue weighted by Crippen LogP contribution is -2.07. The van der Waals surface area contributed by atoms with E-state index in [-0.39, 0.29) is 11.1 Å². The zero-order chi connectivity index (χ0) is 16.1. The lowest BCUT2D eigenvalue weighted by atomic mass is 9.99. The van der Waals surface area contributed by atoms with Gasteiger partial charge in [-0.25, -0.2) is 14.4 Å². The molecule has 0 atom stereocenters. The van der Waals surface area contributed by atoms with Crippen LogP contribution in [0.25, 0.3) is 16.0 Å². The molecule has 0 aliphatic carbocycles. The van der Waals surface area contributed by atoms with Gasteiger partial charge in [0.25, 0.3) is 0 Å². The highest BCUT2D eigenvalue weighted by Gasteiger charge is 2.14. The third-order valence-electron chi connectivity index (χ3n) is 3.08. The molecular weight excluding hydrogens is 282 g/mol. The average Bonchev–Trinajstić information content (AvgIpc) is 2.59. The summed E-state index contributed by atoms with van der Waals surface area (Å²) in [5.74, 6) is -1.10. The standard InChI is InChI=1S/C17H13NO4/c1-18-15-6-4-5-11(10-15)12-7-13(16(19)21-2)9-14(8-12)17(20)22-3/h4-10H,2-3H3. The van der Waals surface area contributed by atoms with Crippen LogP contribution in [0, 0.1) is 6.57 Å². The van der Waals surface area contributed by atoms with Gasteiger partial charge in [0.05, 0.1) is 31.9 Å². The summed E-state index contributed by atoms with van der Waals surface area (Å²) in [6, 6.07) is 11.5. The summed E-state index contributed by atoms with van der Waals surface area (Å²) in [6.45, 7) is 7.06. The van der Waals surface area contributed by atoms with E-state index in [0.29, 0.717) is 11.3 Å². The van der Waals surface area contributed by atoms with Crippen LogP contribution in [0.1, 0.15) is 20.7 Å². The number of hydrogen-bond donors (Lipinski definition) is 0. The lowest BCUT2D eigenvalue weighted by molar-refractivity contribution is 0.0599. The van der Waals surface area contributed by atoms with Crippen molar-refractivity contribution in [1.29, 1.82) is 0 Å². The molecule has 110 valence electrons. The van der Waals surface area contributed by atoms with Gasteiger partial charge in [0.2, 0.25) is 0 Å². The summed E-state index contributed by atoms with van der Waals surface area (Å²) in [5.41, 5.74) is 2.32. The third kappa shape index (κ3) is 3.13. The topological polar surface area (TPSA) is 57.0 Å². The molecule has 0 bridgehead atoms. The van der Waals surface area contributed by atoms with Crippen LogP contribution in [0.4, 0.5) is 5.69 Å². The van der Waals surface area contributed by atoms with Crippen molar-refractivity contribution in [2.24, 2.45) is 0 Å². The van der Waals surface area contributed by atoms with Crippen molar-refractivity contribution >= 4 is 17.6 Å². The van der Waals surface area contributed by atoms with Crippen LogP contribution < -0.4 is 0 Å². The summed E-state index contributed by atoms with van der Waals surface area (Å²) < 4.78 is 9.40. The Morgan fingerprint density at radius 1 is 0.909 bits per heavy atom. The Bertz CT molecular complexity index is 740. The quantitative estimate of drug-likeness (QED) is 0.642. The Labute approximate surface area is 127 Å². The molecule has 0 aliphatic heterocycles. The minimum Gasteiger partial charge on any atom is -0.465 e. The van der Waals surface area contributed by atoms with Crippen LogP contribution in [-0.4, -0.2) is 26.2 Å². The van der Waals surface area contributed by atoms with E-state index in [9.17, 15) is 9.59 Å². The van der Waals surface area contributed by atoms with Crippen molar-refractivity contribution in [2.75, 3.05) is 14.2 Å². The summed E-state index contributed by atoms with van der Waals surface area (Å²) in [4.78, 5) is 26.9. The fourth-order valence-corrected chi connectivity index (χ4v) is 2.02. The Morgan fingerprint density at radius 3 is 2.00 bits per heavy atom. The first kappa shape index (κ1) is 15.3. The summed E-state index contributed by atoms with van der Waals surface area (Å²) in [5, 5.41) is 0. The highest BCUT2D eigenvalue weighted by Crippen LogP contribution is 2.26. The van der Waals surface area contributed by atoms with E-state index in [4.69, 9.17) is 16.0 Å². The van der Waals surface area contributed by atoms with E-state index >= 15 is 0 Å². The molecule has 0 spiro atoms. The first-order valence-corrected chi connectivity index (χ1v) is 6.38. The lowest BCUT2D eigenvalue weighted by Gasteiger charge is -2.08. The van der Waals surface area contributed by atoms with Crippen LogP contribution in [0.2, 0.25) is 0 Å². The number of esters is 2. The second-order valence-electron chi connectivity index (χ2n) is 4.44. The van der Waals surface area contributed by atoms with Gasteiger partial charge in [-0.2, -0.15) is 0 Å². The maximum absolute atomic E-state index is 11.8. The number of carbonyl (C=O) groups is 2. The molecule has 22 heavy (non-hydrogen) atoms. The van der Waals surface area contributed by atoms with Crippen LogP contribution in [0.15, 0.2) is 42.5 Å². The largest absolute Gasteiger partial charge is 0.465 e. The Hall–Kier alpha value is -3.13. The van der Waals surface area contributed by atoms with Crippen LogP contribution in [0.3, 0.4) is 0 Å².